The first-order chi connectivity index (χ1) is 18.9. The van der Waals surface area contributed by atoms with E-state index in [1.165, 1.54) is 11.8 Å². The van der Waals surface area contributed by atoms with Crippen molar-refractivity contribution < 1.29 is 14.4 Å². The molecule has 39 heavy (non-hydrogen) atoms. The molecular formula is C31H26ClN3O3S. The summed E-state index contributed by atoms with van der Waals surface area (Å²) >= 11 is 7.44. The van der Waals surface area contributed by atoms with Gasteiger partial charge in [0, 0.05) is 16.1 Å². The third-order valence-corrected chi connectivity index (χ3v) is 6.82. The summed E-state index contributed by atoms with van der Waals surface area (Å²) in [6.07, 6.45) is 1.64. The van der Waals surface area contributed by atoms with Crippen molar-refractivity contribution in [3.05, 3.63) is 131 Å². The maximum Gasteiger partial charge on any atom is 0.272 e. The first-order valence-electron chi connectivity index (χ1n) is 12.1. The molecule has 0 heterocycles. The van der Waals surface area contributed by atoms with Gasteiger partial charge in [-0.05, 0) is 61.0 Å². The molecule has 0 fully saturated rings. The molecule has 3 N–H and O–H groups in total. The van der Waals surface area contributed by atoms with E-state index in [1.807, 2.05) is 43.3 Å². The maximum atomic E-state index is 13.3. The molecule has 0 aromatic heterocycles. The lowest BCUT2D eigenvalue weighted by molar-refractivity contribution is -0.114. The van der Waals surface area contributed by atoms with E-state index in [0.29, 0.717) is 22.0 Å². The van der Waals surface area contributed by atoms with Crippen molar-refractivity contribution >= 4 is 58.5 Å². The predicted octanol–water partition coefficient (Wildman–Crippen LogP) is 6.79. The third kappa shape index (κ3) is 8.33. The fourth-order valence-corrected chi connectivity index (χ4v) is 4.57. The van der Waals surface area contributed by atoms with Gasteiger partial charge in [-0.25, -0.2) is 0 Å². The first kappa shape index (κ1) is 27.7. The lowest BCUT2D eigenvalue weighted by Gasteiger charge is -2.12. The molecule has 8 heteroatoms. The average molecular weight is 556 g/mol. The van der Waals surface area contributed by atoms with Crippen molar-refractivity contribution in [3.8, 4) is 0 Å². The Bertz CT molecular complexity index is 1520. The van der Waals surface area contributed by atoms with Gasteiger partial charge in [0.25, 0.3) is 11.8 Å². The Morgan fingerprint density at radius 2 is 1.56 bits per heavy atom. The highest BCUT2D eigenvalue weighted by Gasteiger charge is 2.15. The number of amides is 3. The fourth-order valence-electron chi connectivity index (χ4n) is 3.63. The van der Waals surface area contributed by atoms with Crippen molar-refractivity contribution in [3.63, 3.8) is 0 Å². The minimum atomic E-state index is -0.473. The number of thioether (sulfide) groups is 1. The van der Waals surface area contributed by atoms with Crippen molar-refractivity contribution in [2.24, 2.45) is 0 Å². The van der Waals surface area contributed by atoms with Crippen LogP contribution in [0.15, 0.2) is 114 Å². The van der Waals surface area contributed by atoms with E-state index >= 15 is 0 Å². The quantitative estimate of drug-likeness (QED) is 0.157. The summed E-state index contributed by atoms with van der Waals surface area (Å²) in [4.78, 5) is 39.3. The van der Waals surface area contributed by atoms with Gasteiger partial charge in [-0.3, -0.25) is 14.4 Å². The topological polar surface area (TPSA) is 87.3 Å². The zero-order valence-electron chi connectivity index (χ0n) is 21.1. The van der Waals surface area contributed by atoms with E-state index in [2.05, 4.69) is 16.0 Å². The minimum Gasteiger partial charge on any atom is -0.324 e. The van der Waals surface area contributed by atoms with Crippen molar-refractivity contribution in [1.29, 1.82) is 0 Å². The van der Waals surface area contributed by atoms with Crippen LogP contribution in [-0.4, -0.2) is 23.5 Å². The lowest BCUT2D eigenvalue weighted by Crippen LogP contribution is -2.30. The monoisotopic (exact) mass is 555 g/mol. The van der Waals surface area contributed by atoms with E-state index in [4.69, 9.17) is 11.6 Å². The number of carbonyl (C=O) groups is 3. The fraction of sp³-hybridized carbons (Fsp3) is 0.0645. The van der Waals surface area contributed by atoms with Crippen LogP contribution in [0.5, 0.6) is 0 Å². The minimum absolute atomic E-state index is 0.103. The molecule has 0 atom stereocenters. The average Bonchev–Trinajstić information content (AvgIpc) is 2.93. The predicted molar refractivity (Wildman–Crippen MR) is 159 cm³/mol. The molecule has 0 aliphatic carbocycles. The molecule has 0 aliphatic heterocycles. The number of hydrogen-bond acceptors (Lipinski definition) is 4. The standard InChI is InChI=1S/C31H26ClN3O3S/c1-21-9-7-10-22(17-21)18-28(35-30(37)23-11-3-2-4-12-23)31(38)33-24-13-8-14-25(19-24)39-20-29(36)34-27-16-6-5-15-26(27)32/h2-19H,20H2,1H3,(H,33,38)(H,34,36)(H,35,37)/b28-18+. The molecule has 3 amide bonds. The molecule has 4 aromatic carbocycles. The van der Waals surface area contributed by atoms with E-state index in [1.54, 1.807) is 72.8 Å². The highest BCUT2D eigenvalue weighted by Crippen LogP contribution is 2.24. The van der Waals surface area contributed by atoms with E-state index < -0.39 is 11.8 Å². The summed E-state index contributed by atoms with van der Waals surface area (Å²) in [5.74, 6) is -0.902. The number of benzene rings is 4. The number of hydrogen-bond donors (Lipinski definition) is 3. The second kappa shape index (κ2) is 13.5. The summed E-state index contributed by atoms with van der Waals surface area (Å²) < 4.78 is 0. The summed E-state index contributed by atoms with van der Waals surface area (Å²) in [6.45, 7) is 1.96. The number of rotatable bonds is 9. The number of carbonyl (C=O) groups excluding carboxylic acids is 3. The summed E-state index contributed by atoms with van der Waals surface area (Å²) in [6, 6.07) is 30.5. The van der Waals surface area contributed by atoms with Gasteiger partial charge in [0.1, 0.15) is 5.70 Å². The van der Waals surface area contributed by atoms with Gasteiger partial charge in [-0.2, -0.15) is 0 Å². The van der Waals surface area contributed by atoms with Crippen LogP contribution in [0.2, 0.25) is 5.02 Å². The normalized spacial score (nSPS) is 11.0. The number of para-hydroxylation sites is 1. The van der Waals surface area contributed by atoms with Gasteiger partial charge < -0.3 is 16.0 Å². The van der Waals surface area contributed by atoms with Gasteiger partial charge in [0.05, 0.1) is 16.5 Å². The zero-order valence-corrected chi connectivity index (χ0v) is 22.7. The molecule has 0 spiro atoms. The van der Waals surface area contributed by atoms with Gasteiger partial charge in [0.2, 0.25) is 5.91 Å². The lowest BCUT2D eigenvalue weighted by atomic mass is 10.1. The van der Waals surface area contributed by atoms with Crippen LogP contribution in [0.4, 0.5) is 11.4 Å². The Morgan fingerprint density at radius 1 is 0.821 bits per heavy atom. The SMILES string of the molecule is Cc1cccc(/C=C(/NC(=O)c2ccccc2)C(=O)Nc2cccc(SCC(=O)Nc3ccccc3Cl)c2)c1. The number of halogens is 1. The molecule has 0 saturated heterocycles. The van der Waals surface area contributed by atoms with Crippen LogP contribution in [0.1, 0.15) is 21.5 Å². The van der Waals surface area contributed by atoms with Crippen LogP contribution < -0.4 is 16.0 Å². The summed E-state index contributed by atoms with van der Waals surface area (Å²) in [7, 11) is 0. The summed E-state index contributed by atoms with van der Waals surface area (Å²) in [5.41, 5.74) is 3.43. The van der Waals surface area contributed by atoms with Crippen molar-refractivity contribution in [2.45, 2.75) is 11.8 Å². The second-order valence-corrected chi connectivity index (χ2v) is 10.0. The van der Waals surface area contributed by atoms with Gasteiger partial charge >= 0.3 is 0 Å². The van der Waals surface area contributed by atoms with Crippen LogP contribution in [0.25, 0.3) is 6.08 Å². The van der Waals surface area contributed by atoms with Crippen molar-refractivity contribution in [1.82, 2.24) is 5.32 Å². The van der Waals surface area contributed by atoms with Crippen LogP contribution in [0.3, 0.4) is 0 Å². The van der Waals surface area contributed by atoms with Crippen LogP contribution in [-0.2, 0) is 9.59 Å². The molecule has 6 nitrogen and oxygen atoms in total. The molecule has 0 bridgehead atoms. The number of anilines is 2. The number of nitrogens with one attached hydrogen (secondary N) is 3. The smallest absolute Gasteiger partial charge is 0.272 e. The Kier molecular flexibility index (Phi) is 9.56. The Balaban J connectivity index is 1.46. The molecular weight excluding hydrogens is 530 g/mol. The Hall–Kier alpha value is -4.33. The second-order valence-electron chi connectivity index (χ2n) is 8.59. The Morgan fingerprint density at radius 3 is 2.33 bits per heavy atom. The number of aryl methyl sites for hydroxylation is 1. The third-order valence-electron chi connectivity index (χ3n) is 5.49. The molecule has 0 radical (unpaired) electrons. The van der Waals surface area contributed by atoms with Crippen LogP contribution in [0, 0.1) is 6.92 Å². The highest BCUT2D eigenvalue weighted by molar-refractivity contribution is 8.00. The van der Waals surface area contributed by atoms with Gasteiger partial charge in [-0.1, -0.05) is 77.8 Å². The highest BCUT2D eigenvalue weighted by atomic mass is 35.5. The molecule has 4 aromatic rings. The van der Waals surface area contributed by atoms with E-state index in [-0.39, 0.29) is 17.4 Å². The van der Waals surface area contributed by atoms with E-state index in [9.17, 15) is 14.4 Å². The first-order valence-corrected chi connectivity index (χ1v) is 13.5. The Labute approximate surface area is 236 Å². The zero-order chi connectivity index (χ0) is 27.6. The molecule has 196 valence electrons. The van der Waals surface area contributed by atoms with Gasteiger partial charge in [0.15, 0.2) is 0 Å². The maximum absolute atomic E-state index is 13.3. The van der Waals surface area contributed by atoms with Crippen LogP contribution >= 0.6 is 23.4 Å². The molecule has 0 unspecified atom stereocenters. The van der Waals surface area contributed by atoms with Gasteiger partial charge in [-0.15, -0.1) is 11.8 Å². The molecule has 4 rings (SSSR count). The van der Waals surface area contributed by atoms with Crippen molar-refractivity contribution in [2.75, 3.05) is 16.4 Å². The molecule has 0 aliphatic rings. The van der Waals surface area contributed by atoms with E-state index in [0.717, 1.165) is 16.0 Å². The largest absolute Gasteiger partial charge is 0.324 e. The molecule has 0 saturated carbocycles. The summed E-state index contributed by atoms with van der Waals surface area (Å²) in [5, 5.41) is 8.86.